The van der Waals surface area contributed by atoms with E-state index in [0.29, 0.717) is 11.3 Å². The third-order valence-electron chi connectivity index (χ3n) is 6.07. The summed E-state index contributed by atoms with van der Waals surface area (Å²) in [5.41, 5.74) is 2.87. The first kappa shape index (κ1) is 21.4. The number of carbonyl (C=O) groups excluding carboxylic acids is 2. The van der Waals surface area contributed by atoms with Gasteiger partial charge in [0.05, 0.1) is 38.0 Å². The van der Waals surface area contributed by atoms with Crippen molar-refractivity contribution in [2.24, 2.45) is 0 Å². The Morgan fingerprint density at radius 1 is 1.11 bits per heavy atom. The molecule has 27 heavy (non-hydrogen) atoms. The van der Waals surface area contributed by atoms with E-state index in [9.17, 15) is 9.59 Å². The lowest BCUT2D eigenvalue weighted by Gasteiger charge is -2.42. The second-order valence-electron chi connectivity index (χ2n) is 7.81. The van der Waals surface area contributed by atoms with Gasteiger partial charge in [0.15, 0.2) is 6.04 Å². The Hall–Kier alpha value is -1.88. The third kappa shape index (κ3) is 4.70. The minimum Gasteiger partial charge on any atom is -0.465 e. The van der Waals surface area contributed by atoms with E-state index >= 15 is 0 Å². The Kier molecular flexibility index (Phi) is 7.42. The van der Waals surface area contributed by atoms with Crippen LogP contribution in [0.1, 0.15) is 67.4 Å². The van der Waals surface area contributed by atoms with Crippen LogP contribution in [-0.4, -0.2) is 49.1 Å². The van der Waals surface area contributed by atoms with E-state index in [-0.39, 0.29) is 11.9 Å². The summed E-state index contributed by atoms with van der Waals surface area (Å²) in [4.78, 5) is 25.6. The van der Waals surface area contributed by atoms with E-state index in [1.54, 1.807) is 6.07 Å². The number of likely N-dealkylation sites (N-methyl/N-ethyl adjacent to an activating group) is 1. The Balaban J connectivity index is 2.35. The largest absolute Gasteiger partial charge is 0.465 e. The maximum atomic E-state index is 13.3. The second kappa shape index (κ2) is 9.36. The van der Waals surface area contributed by atoms with Crippen molar-refractivity contribution in [3.8, 4) is 0 Å². The number of aryl methyl sites for hydroxylation is 2. The molecule has 0 aromatic heterocycles. The summed E-state index contributed by atoms with van der Waals surface area (Å²) in [6.45, 7) is 11.2. The van der Waals surface area contributed by atoms with Crippen LogP contribution in [0.4, 0.5) is 5.69 Å². The fourth-order valence-corrected chi connectivity index (χ4v) is 4.60. The van der Waals surface area contributed by atoms with Crippen molar-refractivity contribution in [2.75, 3.05) is 32.1 Å². The van der Waals surface area contributed by atoms with Gasteiger partial charge in [0.25, 0.3) is 5.91 Å². The van der Waals surface area contributed by atoms with Crippen molar-refractivity contribution in [2.45, 2.75) is 65.8 Å². The molecule has 1 atom stereocenters. The number of hydrogen-bond donors (Lipinski definition) is 1. The number of amides is 1. The molecule has 5 nitrogen and oxygen atoms in total. The van der Waals surface area contributed by atoms with Crippen LogP contribution in [0.3, 0.4) is 0 Å². The number of rotatable bonds is 6. The van der Waals surface area contributed by atoms with Gasteiger partial charge in [-0.3, -0.25) is 4.79 Å². The smallest absolute Gasteiger partial charge is 0.339 e. The maximum Gasteiger partial charge on any atom is 0.339 e. The summed E-state index contributed by atoms with van der Waals surface area (Å²) in [5, 5.41) is 3.09. The van der Waals surface area contributed by atoms with E-state index in [4.69, 9.17) is 4.74 Å². The SMILES string of the molecule is CCC(C(=O)Nc1c(C)cc(C)cc1C(=O)OC)[N+]1(CC)CCCCCC1. The van der Waals surface area contributed by atoms with E-state index in [2.05, 4.69) is 19.2 Å². The summed E-state index contributed by atoms with van der Waals surface area (Å²) in [6, 6.07) is 3.67. The molecule has 0 aliphatic carbocycles. The van der Waals surface area contributed by atoms with Gasteiger partial charge >= 0.3 is 5.97 Å². The molecule has 1 amide bonds. The molecule has 150 valence electrons. The molecule has 1 N–H and O–H groups in total. The molecule has 1 saturated heterocycles. The highest BCUT2D eigenvalue weighted by Gasteiger charge is 2.40. The third-order valence-corrected chi connectivity index (χ3v) is 6.07. The fourth-order valence-electron chi connectivity index (χ4n) is 4.60. The van der Waals surface area contributed by atoms with Crippen LogP contribution in [-0.2, 0) is 9.53 Å². The first-order valence-electron chi connectivity index (χ1n) is 10.2. The number of esters is 1. The first-order valence-corrected chi connectivity index (χ1v) is 10.2. The molecule has 1 fully saturated rings. The molecule has 0 saturated carbocycles. The number of quaternary nitrogens is 1. The minimum atomic E-state index is -0.417. The van der Waals surface area contributed by atoms with Crippen LogP contribution in [0.15, 0.2) is 12.1 Å². The first-order chi connectivity index (χ1) is 12.9. The van der Waals surface area contributed by atoms with Crippen LogP contribution in [0.25, 0.3) is 0 Å². The summed E-state index contributed by atoms with van der Waals surface area (Å²) < 4.78 is 5.78. The Morgan fingerprint density at radius 2 is 1.74 bits per heavy atom. The average Bonchev–Trinajstić information content (AvgIpc) is 2.90. The van der Waals surface area contributed by atoms with E-state index in [1.807, 2.05) is 19.9 Å². The maximum absolute atomic E-state index is 13.3. The predicted octanol–water partition coefficient (Wildman–Crippen LogP) is 4.22. The van der Waals surface area contributed by atoms with Gasteiger partial charge in [0.2, 0.25) is 0 Å². The normalized spacial score (nSPS) is 17.7. The topological polar surface area (TPSA) is 55.4 Å². The Morgan fingerprint density at radius 3 is 2.26 bits per heavy atom. The number of carbonyl (C=O) groups is 2. The van der Waals surface area contributed by atoms with E-state index < -0.39 is 5.97 Å². The zero-order valence-electron chi connectivity index (χ0n) is 17.6. The van der Waals surface area contributed by atoms with E-state index in [0.717, 1.165) is 41.7 Å². The van der Waals surface area contributed by atoms with Gasteiger partial charge < -0.3 is 14.5 Å². The van der Waals surface area contributed by atoms with Crippen molar-refractivity contribution in [3.63, 3.8) is 0 Å². The van der Waals surface area contributed by atoms with Crippen LogP contribution in [0.5, 0.6) is 0 Å². The van der Waals surface area contributed by atoms with Gasteiger partial charge in [-0.1, -0.05) is 13.0 Å². The summed E-state index contributed by atoms with van der Waals surface area (Å²) in [7, 11) is 1.37. The highest BCUT2D eigenvalue weighted by molar-refractivity contribution is 6.03. The van der Waals surface area contributed by atoms with Crippen molar-refractivity contribution in [3.05, 3.63) is 28.8 Å². The van der Waals surface area contributed by atoms with Gasteiger partial charge in [-0.15, -0.1) is 0 Å². The van der Waals surface area contributed by atoms with Crippen molar-refractivity contribution in [1.29, 1.82) is 0 Å². The quantitative estimate of drug-likeness (QED) is 0.598. The highest BCUT2D eigenvalue weighted by atomic mass is 16.5. The number of methoxy groups -OCH3 is 1. The van der Waals surface area contributed by atoms with Crippen LogP contribution in [0, 0.1) is 13.8 Å². The van der Waals surface area contributed by atoms with Crippen molar-refractivity contribution >= 4 is 17.6 Å². The molecule has 0 radical (unpaired) electrons. The van der Waals surface area contributed by atoms with E-state index in [1.165, 1.54) is 32.8 Å². The van der Waals surface area contributed by atoms with Crippen LogP contribution >= 0.6 is 0 Å². The molecular formula is C22H35N2O3+. The van der Waals surface area contributed by atoms with Crippen molar-refractivity contribution in [1.82, 2.24) is 0 Å². The molecule has 5 heteroatoms. The number of benzene rings is 1. The number of nitrogens with zero attached hydrogens (tertiary/aromatic N) is 1. The summed E-state index contributed by atoms with van der Waals surface area (Å²) in [6.07, 6.45) is 5.64. The lowest BCUT2D eigenvalue weighted by atomic mass is 10.0. The fraction of sp³-hybridized carbons (Fsp3) is 0.636. The highest BCUT2D eigenvalue weighted by Crippen LogP contribution is 2.28. The average molecular weight is 376 g/mol. The van der Waals surface area contributed by atoms with Crippen LogP contribution in [0.2, 0.25) is 0 Å². The zero-order chi connectivity index (χ0) is 20.0. The lowest BCUT2D eigenvalue weighted by molar-refractivity contribution is -0.940. The molecule has 0 spiro atoms. The Bertz CT molecular complexity index is 676. The molecule has 2 rings (SSSR count). The number of likely N-dealkylation sites (tertiary alicyclic amines) is 1. The predicted molar refractivity (Wildman–Crippen MR) is 109 cm³/mol. The number of ether oxygens (including phenoxy) is 1. The molecule has 1 aromatic carbocycles. The monoisotopic (exact) mass is 375 g/mol. The van der Waals surface area contributed by atoms with Crippen molar-refractivity contribution < 1.29 is 18.8 Å². The lowest BCUT2D eigenvalue weighted by Crippen LogP contribution is -2.60. The van der Waals surface area contributed by atoms with Crippen LogP contribution < -0.4 is 5.32 Å². The molecule has 1 aliphatic rings. The molecular weight excluding hydrogens is 340 g/mol. The number of hydrogen-bond acceptors (Lipinski definition) is 3. The Labute approximate surface area is 163 Å². The molecule has 1 aromatic rings. The van der Waals surface area contributed by atoms with Gasteiger partial charge in [-0.05, 0) is 63.6 Å². The number of anilines is 1. The minimum absolute atomic E-state index is 0.0124. The second-order valence-corrected chi connectivity index (χ2v) is 7.81. The summed E-state index contributed by atoms with van der Waals surface area (Å²) >= 11 is 0. The summed E-state index contributed by atoms with van der Waals surface area (Å²) in [5.74, 6) is -0.405. The van der Waals surface area contributed by atoms with Gasteiger partial charge in [0, 0.05) is 6.42 Å². The molecule has 1 unspecified atom stereocenters. The van der Waals surface area contributed by atoms with Gasteiger partial charge in [-0.25, -0.2) is 4.79 Å². The molecule has 1 heterocycles. The molecule has 0 bridgehead atoms. The van der Waals surface area contributed by atoms with Gasteiger partial charge in [-0.2, -0.15) is 0 Å². The number of nitrogens with one attached hydrogen (secondary N) is 1. The van der Waals surface area contributed by atoms with Gasteiger partial charge in [0.1, 0.15) is 0 Å². The molecule has 1 aliphatic heterocycles. The zero-order valence-corrected chi connectivity index (χ0v) is 17.6. The standard InChI is InChI=1S/C22H34N2O3/c1-6-19(24(7-2)12-10-8-9-11-13-24)21(25)23-20-17(4)14-16(3)15-18(20)22(26)27-5/h14-15,19H,6-13H2,1-5H3/p+1.